The lowest BCUT2D eigenvalue weighted by atomic mass is 9.97. The summed E-state index contributed by atoms with van der Waals surface area (Å²) in [5, 5.41) is 0. The number of carbonyl (C=O) groups excluding carboxylic acids is 2. The second-order valence-electron chi connectivity index (χ2n) is 5.99. The zero-order valence-electron chi connectivity index (χ0n) is 13.7. The molecule has 0 N–H and O–H groups in total. The first-order chi connectivity index (χ1) is 11.7. The third-order valence-electron chi connectivity index (χ3n) is 4.42. The highest BCUT2D eigenvalue weighted by Gasteiger charge is 2.26. The topological polar surface area (TPSA) is 52.6 Å². The molecule has 2 aromatic carbocycles. The Labute approximate surface area is 141 Å². The van der Waals surface area contributed by atoms with Crippen LogP contribution in [0.25, 0.3) is 0 Å². The van der Waals surface area contributed by atoms with E-state index in [0.29, 0.717) is 18.6 Å². The number of methoxy groups -OCH3 is 1. The number of hydrogen-bond acceptors (Lipinski definition) is 4. The van der Waals surface area contributed by atoms with Crippen LogP contribution < -0.4 is 0 Å². The molecular weight excluding hydrogens is 304 g/mol. The van der Waals surface area contributed by atoms with Crippen molar-refractivity contribution in [3.05, 3.63) is 70.8 Å². The maximum atomic E-state index is 12.1. The molecule has 1 aliphatic carbocycles. The second kappa shape index (κ2) is 7.30. The van der Waals surface area contributed by atoms with Crippen LogP contribution in [-0.2, 0) is 27.3 Å². The summed E-state index contributed by atoms with van der Waals surface area (Å²) in [4.78, 5) is 23.7. The van der Waals surface area contributed by atoms with E-state index in [9.17, 15) is 9.59 Å². The SMILES string of the molecule is COC(=O)c1ccc2c(c1)CCC2CC(=O)OCc1ccccc1. The monoisotopic (exact) mass is 324 g/mol. The van der Waals surface area contributed by atoms with Gasteiger partial charge < -0.3 is 9.47 Å². The van der Waals surface area contributed by atoms with Crippen LogP contribution in [0.15, 0.2) is 48.5 Å². The average molecular weight is 324 g/mol. The van der Waals surface area contributed by atoms with Crippen molar-refractivity contribution >= 4 is 11.9 Å². The van der Waals surface area contributed by atoms with Crippen molar-refractivity contribution in [1.82, 2.24) is 0 Å². The van der Waals surface area contributed by atoms with Gasteiger partial charge in [0.25, 0.3) is 0 Å². The van der Waals surface area contributed by atoms with Crippen molar-refractivity contribution < 1.29 is 19.1 Å². The third kappa shape index (κ3) is 3.65. The minimum atomic E-state index is -0.330. The van der Waals surface area contributed by atoms with Gasteiger partial charge in [0.1, 0.15) is 6.61 Å². The molecule has 0 aliphatic heterocycles. The van der Waals surface area contributed by atoms with Crippen LogP contribution in [0.1, 0.15) is 45.8 Å². The molecular formula is C20H20O4. The minimum absolute atomic E-state index is 0.162. The number of rotatable bonds is 5. The number of hydrogen-bond donors (Lipinski definition) is 0. The Morgan fingerprint density at radius 3 is 2.67 bits per heavy atom. The number of benzene rings is 2. The van der Waals surface area contributed by atoms with Crippen molar-refractivity contribution in [1.29, 1.82) is 0 Å². The molecule has 0 amide bonds. The number of carbonyl (C=O) groups is 2. The Kier molecular flexibility index (Phi) is 4.94. The Bertz CT molecular complexity index is 737. The minimum Gasteiger partial charge on any atom is -0.465 e. The number of aryl methyl sites for hydroxylation is 1. The first-order valence-corrected chi connectivity index (χ1v) is 8.08. The van der Waals surface area contributed by atoms with Gasteiger partial charge in [-0.05, 0) is 47.6 Å². The number of fused-ring (bicyclic) bond motifs is 1. The molecule has 124 valence electrons. The van der Waals surface area contributed by atoms with E-state index in [1.54, 1.807) is 6.07 Å². The van der Waals surface area contributed by atoms with Gasteiger partial charge in [0.2, 0.25) is 0 Å². The second-order valence-corrected chi connectivity index (χ2v) is 5.99. The highest BCUT2D eigenvalue weighted by atomic mass is 16.5. The maximum Gasteiger partial charge on any atom is 0.337 e. The first-order valence-electron chi connectivity index (χ1n) is 8.08. The van der Waals surface area contributed by atoms with Gasteiger partial charge in [-0.1, -0.05) is 36.4 Å². The van der Waals surface area contributed by atoms with Gasteiger partial charge in [0.05, 0.1) is 19.1 Å². The zero-order valence-corrected chi connectivity index (χ0v) is 13.7. The van der Waals surface area contributed by atoms with E-state index in [-0.39, 0.29) is 17.9 Å². The molecule has 24 heavy (non-hydrogen) atoms. The van der Waals surface area contributed by atoms with E-state index < -0.39 is 0 Å². The lowest BCUT2D eigenvalue weighted by Crippen LogP contribution is -2.09. The van der Waals surface area contributed by atoms with Gasteiger partial charge in [0.15, 0.2) is 0 Å². The normalized spacial score (nSPS) is 15.6. The van der Waals surface area contributed by atoms with Gasteiger partial charge in [-0.2, -0.15) is 0 Å². The van der Waals surface area contributed by atoms with Crippen molar-refractivity contribution in [3.63, 3.8) is 0 Å². The fourth-order valence-electron chi connectivity index (χ4n) is 3.16. The lowest BCUT2D eigenvalue weighted by Gasteiger charge is -2.12. The molecule has 0 bridgehead atoms. The van der Waals surface area contributed by atoms with Crippen LogP contribution in [0, 0.1) is 0 Å². The van der Waals surface area contributed by atoms with Crippen LogP contribution in [0.4, 0.5) is 0 Å². The summed E-state index contributed by atoms with van der Waals surface area (Å²) in [6.07, 6.45) is 2.15. The van der Waals surface area contributed by atoms with Crippen molar-refractivity contribution in [2.75, 3.05) is 7.11 Å². The quantitative estimate of drug-likeness (QED) is 0.788. The van der Waals surface area contributed by atoms with E-state index in [0.717, 1.165) is 29.5 Å². The van der Waals surface area contributed by atoms with Crippen molar-refractivity contribution in [2.24, 2.45) is 0 Å². The summed E-state index contributed by atoms with van der Waals surface area (Å²) in [6, 6.07) is 15.2. The Morgan fingerprint density at radius 1 is 1.12 bits per heavy atom. The van der Waals surface area contributed by atoms with Crippen molar-refractivity contribution in [2.45, 2.75) is 31.8 Å². The highest BCUT2D eigenvalue weighted by molar-refractivity contribution is 5.89. The van der Waals surface area contributed by atoms with Gasteiger partial charge in [-0.25, -0.2) is 4.79 Å². The molecule has 0 spiro atoms. The molecule has 2 aromatic rings. The smallest absolute Gasteiger partial charge is 0.337 e. The number of esters is 2. The fourth-order valence-corrected chi connectivity index (χ4v) is 3.16. The van der Waals surface area contributed by atoms with Gasteiger partial charge in [-0.15, -0.1) is 0 Å². The Hall–Kier alpha value is -2.62. The van der Waals surface area contributed by atoms with Crippen LogP contribution in [0.2, 0.25) is 0 Å². The molecule has 4 heteroatoms. The molecule has 1 atom stereocenters. The maximum absolute atomic E-state index is 12.1. The number of ether oxygens (including phenoxy) is 2. The van der Waals surface area contributed by atoms with E-state index in [2.05, 4.69) is 0 Å². The van der Waals surface area contributed by atoms with Crippen LogP contribution in [-0.4, -0.2) is 19.0 Å². The highest BCUT2D eigenvalue weighted by Crippen LogP contribution is 2.36. The predicted octanol–water partition coefficient (Wildman–Crippen LogP) is 3.64. The standard InChI is InChI=1S/C20H20O4/c1-23-20(22)17-9-10-18-15(11-17)7-8-16(18)12-19(21)24-13-14-5-3-2-4-6-14/h2-6,9-11,16H,7-8,12-13H2,1H3. The van der Waals surface area contributed by atoms with Crippen LogP contribution in [0.5, 0.6) is 0 Å². The average Bonchev–Trinajstić information content (AvgIpc) is 3.02. The fraction of sp³-hybridized carbons (Fsp3) is 0.300. The van der Waals surface area contributed by atoms with Gasteiger partial charge in [-0.3, -0.25) is 4.79 Å². The molecule has 4 nitrogen and oxygen atoms in total. The summed E-state index contributed by atoms with van der Waals surface area (Å²) in [5.41, 5.74) is 3.81. The van der Waals surface area contributed by atoms with Crippen LogP contribution >= 0.6 is 0 Å². The molecule has 0 heterocycles. The third-order valence-corrected chi connectivity index (χ3v) is 4.42. The van der Waals surface area contributed by atoms with E-state index in [4.69, 9.17) is 9.47 Å². The summed E-state index contributed by atoms with van der Waals surface area (Å²) >= 11 is 0. The Morgan fingerprint density at radius 2 is 1.92 bits per heavy atom. The van der Waals surface area contributed by atoms with Crippen LogP contribution in [0.3, 0.4) is 0 Å². The lowest BCUT2D eigenvalue weighted by molar-refractivity contribution is -0.145. The van der Waals surface area contributed by atoms with E-state index in [1.165, 1.54) is 7.11 Å². The van der Waals surface area contributed by atoms with Gasteiger partial charge >= 0.3 is 11.9 Å². The van der Waals surface area contributed by atoms with Gasteiger partial charge in [0, 0.05) is 0 Å². The Balaban J connectivity index is 1.60. The molecule has 0 saturated heterocycles. The molecule has 0 saturated carbocycles. The first kappa shape index (κ1) is 16.2. The van der Waals surface area contributed by atoms with E-state index >= 15 is 0 Å². The summed E-state index contributed by atoms with van der Waals surface area (Å²) in [6.45, 7) is 0.306. The molecule has 1 unspecified atom stereocenters. The summed E-state index contributed by atoms with van der Waals surface area (Å²) < 4.78 is 10.1. The predicted molar refractivity (Wildman–Crippen MR) is 89.7 cm³/mol. The zero-order chi connectivity index (χ0) is 16.9. The molecule has 3 rings (SSSR count). The molecule has 0 fully saturated rings. The van der Waals surface area contributed by atoms with E-state index in [1.807, 2.05) is 42.5 Å². The summed E-state index contributed by atoms with van der Waals surface area (Å²) in [7, 11) is 1.38. The largest absolute Gasteiger partial charge is 0.465 e. The molecule has 0 radical (unpaired) electrons. The molecule has 1 aliphatic rings. The molecule has 0 aromatic heterocycles. The summed E-state index contributed by atoms with van der Waals surface area (Å²) in [5.74, 6) is -0.354. The van der Waals surface area contributed by atoms with Crippen molar-refractivity contribution in [3.8, 4) is 0 Å².